The molecule has 3 aliphatic carbocycles. The molecule has 3 aromatic carbocycles. The molecule has 3 aliphatic rings. The first-order chi connectivity index (χ1) is 16.5. The second kappa shape index (κ2) is 7.87. The van der Waals surface area contributed by atoms with Gasteiger partial charge in [-0.3, -0.25) is 4.79 Å². The van der Waals surface area contributed by atoms with Crippen LogP contribution in [-0.4, -0.2) is 21.1 Å². The van der Waals surface area contributed by atoms with Gasteiger partial charge in [0.25, 0.3) is 0 Å². The number of hydrogen-bond donors (Lipinski definition) is 3. The van der Waals surface area contributed by atoms with Gasteiger partial charge in [-0.05, 0) is 35.6 Å². The molecule has 0 saturated carbocycles. The molecular formula is C28H24N2O3S. The third-order valence-electron chi connectivity index (χ3n) is 7.38. The zero-order valence-corrected chi connectivity index (χ0v) is 19.4. The second-order valence-corrected chi connectivity index (χ2v) is 10.2. The Morgan fingerprint density at radius 2 is 1.56 bits per heavy atom. The minimum Gasteiger partial charge on any atom is -0.364 e. The number of fused-ring (bicyclic) bond motifs is 1. The molecule has 5 nitrogen and oxygen atoms in total. The third kappa shape index (κ3) is 3.21. The van der Waals surface area contributed by atoms with Crippen molar-refractivity contribution >= 4 is 22.4 Å². The fourth-order valence-electron chi connectivity index (χ4n) is 5.72. The van der Waals surface area contributed by atoms with Crippen LogP contribution in [0.5, 0.6) is 0 Å². The highest BCUT2D eigenvalue weighted by molar-refractivity contribution is 7.14. The van der Waals surface area contributed by atoms with Gasteiger partial charge in [-0.1, -0.05) is 72.8 Å². The van der Waals surface area contributed by atoms with Gasteiger partial charge in [-0.15, -0.1) is 11.3 Å². The molecule has 7 rings (SSSR count). The number of aliphatic hydroxyl groups is 2. The van der Waals surface area contributed by atoms with Crippen molar-refractivity contribution in [2.24, 2.45) is 5.41 Å². The Morgan fingerprint density at radius 3 is 2.15 bits per heavy atom. The number of carbonyl (C=O) groups is 1. The summed E-state index contributed by atoms with van der Waals surface area (Å²) in [7, 11) is 0. The molecular weight excluding hydrogens is 444 g/mol. The molecule has 0 saturated heterocycles. The maximum atomic E-state index is 13.8. The van der Waals surface area contributed by atoms with Crippen LogP contribution in [0.1, 0.15) is 59.3 Å². The number of benzene rings is 3. The minimum absolute atomic E-state index is 0.00165. The summed E-state index contributed by atoms with van der Waals surface area (Å²) in [6, 6.07) is 24.0. The number of anilines is 1. The highest BCUT2D eigenvalue weighted by atomic mass is 32.1. The van der Waals surface area contributed by atoms with E-state index < -0.39 is 11.7 Å². The van der Waals surface area contributed by atoms with E-state index in [1.54, 1.807) is 24.3 Å². The molecule has 34 heavy (non-hydrogen) atoms. The Bertz CT molecular complexity index is 1350. The molecule has 6 heteroatoms. The van der Waals surface area contributed by atoms with E-state index in [9.17, 15) is 15.0 Å². The van der Waals surface area contributed by atoms with Crippen LogP contribution in [0.25, 0.3) is 11.3 Å². The Kier molecular flexibility index (Phi) is 4.92. The Morgan fingerprint density at radius 1 is 0.971 bits per heavy atom. The normalized spacial score (nSPS) is 22.4. The van der Waals surface area contributed by atoms with Crippen molar-refractivity contribution in [1.29, 1.82) is 0 Å². The summed E-state index contributed by atoms with van der Waals surface area (Å²) in [6.45, 7) is 2.08. The topological polar surface area (TPSA) is 82.5 Å². The SMILES string of the molecule is CC1(C(=O)Nc2nc(-c3ccc(C(O)O)cc3)cs2)CC2c3ccccc3C1c1ccccc12. The first-order valence-corrected chi connectivity index (χ1v) is 12.2. The Labute approximate surface area is 201 Å². The summed E-state index contributed by atoms with van der Waals surface area (Å²) in [6.07, 6.45) is -0.734. The fraction of sp³-hybridized carbons (Fsp3) is 0.214. The lowest BCUT2D eigenvalue weighted by Gasteiger charge is -2.50. The lowest BCUT2D eigenvalue weighted by atomic mass is 9.52. The van der Waals surface area contributed by atoms with Crippen LogP contribution < -0.4 is 5.32 Å². The maximum absolute atomic E-state index is 13.8. The number of amides is 1. The van der Waals surface area contributed by atoms with E-state index in [0.717, 1.165) is 17.7 Å². The third-order valence-corrected chi connectivity index (χ3v) is 8.14. The van der Waals surface area contributed by atoms with Crippen molar-refractivity contribution in [2.45, 2.75) is 31.5 Å². The number of carbonyl (C=O) groups excluding carboxylic acids is 1. The molecule has 0 fully saturated rings. The van der Waals surface area contributed by atoms with Gasteiger partial charge in [0.15, 0.2) is 11.4 Å². The average Bonchev–Trinajstić information content (AvgIpc) is 3.32. The van der Waals surface area contributed by atoms with Crippen LogP contribution in [0, 0.1) is 5.41 Å². The van der Waals surface area contributed by atoms with Gasteiger partial charge in [-0.25, -0.2) is 4.98 Å². The number of rotatable bonds is 4. The van der Waals surface area contributed by atoms with Crippen molar-refractivity contribution in [2.75, 3.05) is 5.32 Å². The lowest BCUT2D eigenvalue weighted by molar-refractivity contribution is -0.126. The molecule has 1 amide bonds. The maximum Gasteiger partial charge on any atom is 0.233 e. The van der Waals surface area contributed by atoms with E-state index in [0.29, 0.717) is 10.7 Å². The van der Waals surface area contributed by atoms with Crippen LogP contribution in [0.2, 0.25) is 0 Å². The van der Waals surface area contributed by atoms with Crippen molar-refractivity contribution in [1.82, 2.24) is 4.98 Å². The predicted octanol–water partition coefficient (Wildman–Crippen LogP) is 5.42. The van der Waals surface area contributed by atoms with Gasteiger partial charge in [0.05, 0.1) is 11.1 Å². The van der Waals surface area contributed by atoms with Crippen molar-refractivity contribution in [3.63, 3.8) is 0 Å². The monoisotopic (exact) mass is 468 g/mol. The first kappa shape index (κ1) is 21.2. The number of hydrogen-bond acceptors (Lipinski definition) is 5. The van der Waals surface area contributed by atoms with Gasteiger partial charge >= 0.3 is 0 Å². The quantitative estimate of drug-likeness (QED) is 0.349. The van der Waals surface area contributed by atoms with Crippen LogP contribution in [-0.2, 0) is 4.79 Å². The van der Waals surface area contributed by atoms with E-state index >= 15 is 0 Å². The van der Waals surface area contributed by atoms with E-state index in [1.807, 2.05) is 5.38 Å². The molecule has 0 aliphatic heterocycles. The largest absolute Gasteiger partial charge is 0.364 e. The van der Waals surface area contributed by atoms with E-state index in [2.05, 4.69) is 65.8 Å². The number of nitrogens with one attached hydrogen (secondary N) is 1. The van der Waals surface area contributed by atoms with Gasteiger partial charge in [0.2, 0.25) is 5.91 Å². The van der Waals surface area contributed by atoms with Crippen molar-refractivity contribution in [3.05, 3.63) is 106 Å². The molecule has 1 heterocycles. The molecule has 1 unspecified atom stereocenters. The van der Waals surface area contributed by atoms with Crippen LogP contribution >= 0.6 is 11.3 Å². The molecule has 1 aromatic heterocycles. The van der Waals surface area contributed by atoms with Crippen molar-refractivity contribution < 1.29 is 15.0 Å². The van der Waals surface area contributed by atoms with Crippen LogP contribution in [0.4, 0.5) is 5.13 Å². The molecule has 170 valence electrons. The summed E-state index contributed by atoms with van der Waals surface area (Å²) in [5.41, 5.74) is 6.61. The molecule has 0 spiro atoms. The van der Waals surface area contributed by atoms with E-state index in [1.165, 1.54) is 33.6 Å². The number of aliphatic hydroxyl groups excluding tert-OH is 1. The first-order valence-electron chi connectivity index (χ1n) is 11.4. The highest BCUT2D eigenvalue weighted by Crippen LogP contribution is 2.61. The zero-order valence-electron chi connectivity index (χ0n) is 18.6. The lowest BCUT2D eigenvalue weighted by Crippen LogP contribution is -2.47. The Hall–Kier alpha value is -3.32. The number of thiazole rings is 1. The van der Waals surface area contributed by atoms with Crippen molar-refractivity contribution in [3.8, 4) is 11.3 Å². The van der Waals surface area contributed by atoms with Gasteiger partial charge in [0, 0.05) is 28.3 Å². The van der Waals surface area contributed by atoms with E-state index in [4.69, 9.17) is 0 Å². The minimum atomic E-state index is -1.50. The summed E-state index contributed by atoms with van der Waals surface area (Å²) in [5.74, 6) is 0.202. The summed E-state index contributed by atoms with van der Waals surface area (Å²) in [5, 5.41) is 24.2. The number of nitrogens with zero attached hydrogens (tertiary/aromatic N) is 1. The summed E-state index contributed by atoms with van der Waals surface area (Å²) < 4.78 is 0. The fourth-order valence-corrected chi connectivity index (χ4v) is 6.43. The number of aromatic nitrogens is 1. The Balaban J connectivity index is 1.30. The van der Waals surface area contributed by atoms with Crippen LogP contribution in [0.3, 0.4) is 0 Å². The standard InChI is InChI=1S/C28H24N2O3S/c1-28(14-22-18-6-2-4-8-20(18)24(28)21-9-5-3-7-19(21)22)26(33)30-27-29-23(15-34-27)16-10-12-17(13-11-16)25(31)32/h2-13,15,22,24-25,31-32H,14H2,1H3,(H,29,30,33). The molecule has 1 atom stereocenters. The molecule has 4 aromatic rings. The van der Waals surface area contributed by atoms with Crippen LogP contribution in [0.15, 0.2) is 78.2 Å². The van der Waals surface area contributed by atoms with Gasteiger partial charge in [-0.2, -0.15) is 0 Å². The molecule has 3 N–H and O–H groups in total. The van der Waals surface area contributed by atoms with Gasteiger partial charge < -0.3 is 15.5 Å². The summed E-state index contributed by atoms with van der Waals surface area (Å²) >= 11 is 1.40. The highest BCUT2D eigenvalue weighted by Gasteiger charge is 2.53. The smallest absolute Gasteiger partial charge is 0.233 e. The zero-order chi connectivity index (χ0) is 23.4. The summed E-state index contributed by atoms with van der Waals surface area (Å²) in [4.78, 5) is 18.4. The molecule has 0 radical (unpaired) electrons. The second-order valence-electron chi connectivity index (χ2n) is 9.35. The van der Waals surface area contributed by atoms with Gasteiger partial charge in [0.1, 0.15) is 0 Å². The average molecular weight is 469 g/mol. The molecule has 2 bridgehead atoms. The predicted molar refractivity (Wildman–Crippen MR) is 133 cm³/mol. The van der Waals surface area contributed by atoms with E-state index in [-0.39, 0.29) is 17.7 Å².